The summed E-state index contributed by atoms with van der Waals surface area (Å²) < 4.78 is 1.39. The first-order valence-corrected chi connectivity index (χ1v) is 5.95. The predicted molar refractivity (Wildman–Crippen MR) is 72.8 cm³/mol. The Balaban J connectivity index is 2.19. The zero-order chi connectivity index (χ0) is 13.1. The van der Waals surface area contributed by atoms with E-state index in [2.05, 4.69) is 5.10 Å². The summed E-state index contributed by atoms with van der Waals surface area (Å²) in [6.45, 7) is 3.71. The van der Waals surface area contributed by atoms with E-state index in [9.17, 15) is 4.79 Å². The van der Waals surface area contributed by atoms with Gasteiger partial charge in [0.15, 0.2) is 0 Å². The van der Waals surface area contributed by atoms with Crippen LogP contribution in [0.25, 0.3) is 6.08 Å². The molecule has 2 rings (SSSR count). The first-order chi connectivity index (χ1) is 8.56. The van der Waals surface area contributed by atoms with E-state index in [1.807, 2.05) is 32.0 Å². The predicted octanol–water partition coefficient (Wildman–Crippen LogP) is 3.51. The number of benzene rings is 1. The summed E-state index contributed by atoms with van der Waals surface area (Å²) in [6, 6.07) is 9.19. The van der Waals surface area contributed by atoms with Gasteiger partial charge in [-0.25, -0.2) is 4.68 Å². The van der Waals surface area contributed by atoms with Crippen LogP contribution in [0.1, 0.15) is 21.7 Å². The lowest BCUT2D eigenvalue weighted by molar-refractivity contribution is 0.0952. The lowest BCUT2D eigenvalue weighted by Crippen LogP contribution is -2.10. The molecule has 0 atom stereocenters. The van der Waals surface area contributed by atoms with E-state index in [1.54, 1.807) is 18.2 Å². The van der Waals surface area contributed by atoms with Crippen LogP contribution in [0.15, 0.2) is 36.4 Å². The van der Waals surface area contributed by atoms with Gasteiger partial charge in [0.25, 0.3) is 5.91 Å². The number of carbonyl (C=O) groups excluding carboxylic acids is 1. The van der Waals surface area contributed by atoms with Crippen LogP contribution in [0.4, 0.5) is 0 Å². The first-order valence-electron chi connectivity index (χ1n) is 5.57. The Morgan fingerprint density at radius 2 is 2.11 bits per heavy atom. The van der Waals surface area contributed by atoms with Crippen LogP contribution in [-0.2, 0) is 0 Å². The summed E-state index contributed by atoms with van der Waals surface area (Å²) in [4.78, 5) is 11.9. The van der Waals surface area contributed by atoms with E-state index in [0.29, 0.717) is 5.02 Å². The van der Waals surface area contributed by atoms with Gasteiger partial charge in [-0.1, -0.05) is 23.7 Å². The van der Waals surface area contributed by atoms with Gasteiger partial charge < -0.3 is 0 Å². The van der Waals surface area contributed by atoms with Crippen LogP contribution < -0.4 is 0 Å². The second-order valence-electron chi connectivity index (χ2n) is 4.07. The van der Waals surface area contributed by atoms with Crippen LogP contribution in [-0.4, -0.2) is 15.7 Å². The molecule has 0 saturated carbocycles. The monoisotopic (exact) mass is 260 g/mol. The van der Waals surface area contributed by atoms with Crippen molar-refractivity contribution in [2.45, 2.75) is 13.8 Å². The number of aromatic nitrogens is 2. The molecular weight excluding hydrogens is 248 g/mol. The average Bonchev–Trinajstić information content (AvgIpc) is 2.66. The number of nitrogens with zero attached hydrogens (tertiary/aromatic N) is 2. The van der Waals surface area contributed by atoms with Crippen LogP contribution in [0, 0.1) is 13.8 Å². The Labute approximate surface area is 111 Å². The lowest BCUT2D eigenvalue weighted by atomic mass is 10.2. The number of halogens is 1. The minimum absolute atomic E-state index is 0.166. The SMILES string of the molecule is Cc1cc(C)n(C(=O)/C=C/c2cccc(Cl)c2)n1. The number of hydrogen-bond acceptors (Lipinski definition) is 2. The van der Waals surface area contributed by atoms with Gasteiger partial charge in [0.05, 0.1) is 5.69 Å². The molecule has 0 aliphatic carbocycles. The highest BCUT2D eigenvalue weighted by Gasteiger charge is 2.06. The highest BCUT2D eigenvalue weighted by atomic mass is 35.5. The molecule has 0 spiro atoms. The van der Waals surface area contributed by atoms with E-state index >= 15 is 0 Å². The number of aryl methyl sites for hydroxylation is 2. The topological polar surface area (TPSA) is 34.9 Å². The van der Waals surface area contributed by atoms with Crippen LogP contribution in [0.5, 0.6) is 0 Å². The molecule has 0 radical (unpaired) electrons. The quantitative estimate of drug-likeness (QED) is 0.775. The molecular formula is C14H13ClN2O. The molecule has 1 aromatic carbocycles. The maximum absolute atomic E-state index is 11.9. The van der Waals surface area contributed by atoms with E-state index in [4.69, 9.17) is 11.6 Å². The van der Waals surface area contributed by atoms with Gasteiger partial charge in [-0.2, -0.15) is 5.10 Å². The minimum atomic E-state index is -0.166. The molecule has 4 heteroatoms. The maximum atomic E-state index is 11.9. The highest BCUT2D eigenvalue weighted by molar-refractivity contribution is 6.30. The third-order valence-corrected chi connectivity index (χ3v) is 2.72. The molecule has 3 nitrogen and oxygen atoms in total. The van der Waals surface area contributed by atoms with E-state index < -0.39 is 0 Å². The van der Waals surface area contributed by atoms with Crippen LogP contribution in [0.2, 0.25) is 5.02 Å². The van der Waals surface area contributed by atoms with Crippen molar-refractivity contribution in [3.63, 3.8) is 0 Å². The zero-order valence-corrected chi connectivity index (χ0v) is 11.0. The first kappa shape index (κ1) is 12.6. The standard InChI is InChI=1S/C14H13ClN2O/c1-10-8-11(2)17(16-10)14(18)7-6-12-4-3-5-13(15)9-12/h3-9H,1-2H3/b7-6+. The van der Waals surface area contributed by atoms with Crippen molar-refractivity contribution < 1.29 is 4.79 Å². The van der Waals surface area contributed by atoms with Gasteiger partial charge in [0.2, 0.25) is 0 Å². The van der Waals surface area contributed by atoms with Crippen molar-refractivity contribution >= 4 is 23.6 Å². The molecule has 0 aliphatic heterocycles. The number of rotatable bonds is 2. The molecule has 1 heterocycles. The van der Waals surface area contributed by atoms with E-state index in [0.717, 1.165) is 17.0 Å². The fourth-order valence-corrected chi connectivity index (χ4v) is 1.90. The van der Waals surface area contributed by atoms with Crippen LogP contribution >= 0.6 is 11.6 Å². The van der Waals surface area contributed by atoms with Crippen molar-refractivity contribution in [1.82, 2.24) is 9.78 Å². The highest BCUT2D eigenvalue weighted by Crippen LogP contribution is 2.12. The fraction of sp³-hybridized carbons (Fsp3) is 0.143. The third-order valence-electron chi connectivity index (χ3n) is 2.49. The number of hydrogen-bond donors (Lipinski definition) is 0. The second kappa shape index (κ2) is 5.19. The molecule has 2 aromatic rings. The lowest BCUT2D eigenvalue weighted by Gasteiger charge is -1.98. The van der Waals surface area contributed by atoms with Gasteiger partial charge in [-0.05, 0) is 43.7 Å². The molecule has 0 N–H and O–H groups in total. The van der Waals surface area contributed by atoms with Crippen LogP contribution in [0.3, 0.4) is 0 Å². The smallest absolute Gasteiger partial charge is 0.267 e. The molecule has 0 saturated heterocycles. The van der Waals surface area contributed by atoms with Gasteiger partial charge in [-0.15, -0.1) is 0 Å². The van der Waals surface area contributed by atoms with Gasteiger partial charge in [-0.3, -0.25) is 4.79 Å². The van der Waals surface area contributed by atoms with Gasteiger partial charge >= 0.3 is 0 Å². The molecule has 0 fully saturated rings. The van der Waals surface area contributed by atoms with Crippen molar-refractivity contribution in [2.24, 2.45) is 0 Å². The Kier molecular flexibility index (Phi) is 3.63. The Hall–Kier alpha value is -1.87. The molecule has 0 aliphatic rings. The normalized spacial score (nSPS) is 11.1. The largest absolute Gasteiger partial charge is 0.271 e. The third kappa shape index (κ3) is 2.87. The summed E-state index contributed by atoms with van der Waals surface area (Å²) in [6.07, 6.45) is 3.22. The molecule has 0 bridgehead atoms. The van der Waals surface area contributed by atoms with E-state index in [-0.39, 0.29) is 5.91 Å². The van der Waals surface area contributed by atoms with Crippen molar-refractivity contribution in [2.75, 3.05) is 0 Å². The summed E-state index contributed by atoms with van der Waals surface area (Å²) in [5.41, 5.74) is 2.54. The minimum Gasteiger partial charge on any atom is -0.267 e. The zero-order valence-electron chi connectivity index (χ0n) is 10.2. The second-order valence-corrected chi connectivity index (χ2v) is 4.50. The molecule has 1 aromatic heterocycles. The number of carbonyl (C=O) groups is 1. The summed E-state index contributed by atoms with van der Waals surface area (Å²) in [5, 5.41) is 4.78. The van der Waals surface area contributed by atoms with Crippen molar-refractivity contribution in [3.8, 4) is 0 Å². The Bertz CT molecular complexity index is 614. The Morgan fingerprint density at radius 3 is 2.72 bits per heavy atom. The summed E-state index contributed by atoms with van der Waals surface area (Å²) in [7, 11) is 0. The number of allylic oxidation sites excluding steroid dienone is 1. The summed E-state index contributed by atoms with van der Waals surface area (Å²) >= 11 is 5.87. The van der Waals surface area contributed by atoms with E-state index in [1.165, 1.54) is 10.8 Å². The Morgan fingerprint density at radius 1 is 1.33 bits per heavy atom. The molecule has 0 amide bonds. The molecule has 18 heavy (non-hydrogen) atoms. The van der Waals surface area contributed by atoms with Gasteiger partial charge in [0, 0.05) is 16.8 Å². The molecule has 0 unspecified atom stereocenters. The van der Waals surface area contributed by atoms with Gasteiger partial charge in [0.1, 0.15) is 0 Å². The fourth-order valence-electron chi connectivity index (χ4n) is 1.70. The van der Waals surface area contributed by atoms with Crippen molar-refractivity contribution in [1.29, 1.82) is 0 Å². The molecule has 92 valence electrons. The average molecular weight is 261 g/mol. The summed E-state index contributed by atoms with van der Waals surface area (Å²) in [5.74, 6) is -0.166. The maximum Gasteiger partial charge on any atom is 0.271 e. The van der Waals surface area contributed by atoms with Crippen molar-refractivity contribution in [3.05, 3.63) is 58.4 Å².